The Hall–Kier alpha value is -1.29. The van der Waals surface area contributed by atoms with Crippen LogP contribution < -0.4 is 5.32 Å². The van der Waals surface area contributed by atoms with E-state index < -0.39 is 6.10 Å². The van der Waals surface area contributed by atoms with Crippen molar-refractivity contribution in [1.82, 2.24) is 9.88 Å². The lowest BCUT2D eigenvalue weighted by atomic mass is 10.3. The van der Waals surface area contributed by atoms with Crippen molar-refractivity contribution >= 4 is 5.91 Å². The van der Waals surface area contributed by atoms with Crippen molar-refractivity contribution in [2.24, 2.45) is 0 Å². The first-order chi connectivity index (χ1) is 7.66. The molecule has 1 unspecified atom stereocenters. The minimum atomic E-state index is -0.485. The van der Waals surface area contributed by atoms with Gasteiger partial charge >= 0.3 is 0 Å². The van der Waals surface area contributed by atoms with Crippen LogP contribution in [0.15, 0.2) is 18.3 Å². The molecule has 4 heteroatoms. The highest BCUT2D eigenvalue weighted by Crippen LogP contribution is 2.19. The molecule has 0 bridgehead atoms. The monoisotopic (exact) mass is 222 g/mol. The van der Waals surface area contributed by atoms with Crippen LogP contribution in [0.2, 0.25) is 0 Å². The molecule has 1 aromatic heterocycles. The van der Waals surface area contributed by atoms with Crippen LogP contribution in [0.3, 0.4) is 0 Å². The molecule has 1 saturated carbocycles. The average Bonchev–Trinajstić information content (AvgIpc) is 2.91. The second-order valence-corrected chi connectivity index (χ2v) is 4.39. The lowest BCUT2D eigenvalue weighted by Crippen LogP contribution is -2.26. The second kappa shape index (κ2) is 4.70. The summed E-state index contributed by atoms with van der Waals surface area (Å²) in [5, 5.41) is 12.4. The number of aromatic nitrogens is 1. The van der Waals surface area contributed by atoms with E-state index in [2.05, 4.69) is 5.32 Å². The van der Waals surface area contributed by atoms with E-state index in [1.807, 2.05) is 22.9 Å². The standard InChI is InChI=1S/C12H18N2O2/c1-9(15)11-3-2-7-14(11)8-6-12(16)13-10-4-5-10/h2-3,7,9-10,15H,4-6,8H2,1H3,(H,13,16). The van der Waals surface area contributed by atoms with Crippen molar-refractivity contribution in [3.05, 3.63) is 24.0 Å². The van der Waals surface area contributed by atoms with Crippen LogP contribution in [-0.4, -0.2) is 21.6 Å². The third kappa shape index (κ3) is 2.85. The number of nitrogens with zero attached hydrogens (tertiary/aromatic N) is 1. The van der Waals surface area contributed by atoms with Crippen LogP contribution in [0.4, 0.5) is 0 Å². The molecule has 1 atom stereocenters. The highest BCUT2D eigenvalue weighted by Gasteiger charge is 2.22. The van der Waals surface area contributed by atoms with E-state index in [9.17, 15) is 9.90 Å². The molecule has 1 heterocycles. The molecule has 16 heavy (non-hydrogen) atoms. The first-order valence-corrected chi connectivity index (χ1v) is 5.79. The van der Waals surface area contributed by atoms with Gasteiger partial charge in [-0.15, -0.1) is 0 Å². The Morgan fingerprint density at radius 2 is 2.44 bits per heavy atom. The maximum absolute atomic E-state index is 11.5. The molecule has 88 valence electrons. The van der Waals surface area contributed by atoms with Crippen molar-refractivity contribution in [2.75, 3.05) is 0 Å². The fourth-order valence-corrected chi connectivity index (χ4v) is 1.76. The van der Waals surface area contributed by atoms with Gasteiger partial charge in [-0.3, -0.25) is 4.79 Å². The Morgan fingerprint density at radius 1 is 1.69 bits per heavy atom. The summed E-state index contributed by atoms with van der Waals surface area (Å²) in [7, 11) is 0. The molecule has 4 nitrogen and oxygen atoms in total. The number of aliphatic hydroxyl groups excluding tert-OH is 1. The normalized spacial score (nSPS) is 17.1. The van der Waals surface area contributed by atoms with E-state index in [0.717, 1.165) is 18.5 Å². The molecule has 0 spiro atoms. The van der Waals surface area contributed by atoms with Crippen molar-refractivity contribution in [3.63, 3.8) is 0 Å². The molecule has 0 saturated heterocycles. The van der Waals surface area contributed by atoms with Crippen molar-refractivity contribution < 1.29 is 9.90 Å². The van der Waals surface area contributed by atoms with Gasteiger partial charge in [-0.25, -0.2) is 0 Å². The summed E-state index contributed by atoms with van der Waals surface area (Å²) in [5.74, 6) is 0.104. The third-order valence-corrected chi connectivity index (χ3v) is 2.81. The number of nitrogens with one attached hydrogen (secondary N) is 1. The van der Waals surface area contributed by atoms with Gasteiger partial charge in [0.1, 0.15) is 0 Å². The molecule has 0 aromatic carbocycles. The van der Waals surface area contributed by atoms with Gasteiger partial charge in [0.05, 0.1) is 6.10 Å². The number of carbonyl (C=O) groups is 1. The topological polar surface area (TPSA) is 54.3 Å². The van der Waals surface area contributed by atoms with Crippen LogP contribution in [0.5, 0.6) is 0 Å². The van der Waals surface area contributed by atoms with Gasteiger partial charge in [-0.05, 0) is 31.9 Å². The van der Waals surface area contributed by atoms with Crippen LogP contribution in [0.1, 0.15) is 38.0 Å². The largest absolute Gasteiger partial charge is 0.387 e. The first-order valence-electron chi connectivity index (χ1n) is 5.79. The van der Waals surface area contributed by atoms with E-state index in [-0.39, 0.29) is 5.91 Å². The van der Waals surface area contributed by atoms with Crippen LogP contribution in [0.25, 0.3) is 0 Å². The van der Waals surface area contributed by atoms with Crippen molar-refractivity contribution in [3.8, 4) is 0 Å². The quantitative estimate of drug-likeness (QED) is 0.786. The Balaban J connectivity index is 1.83. The lowest BCUT2D eigenvalue weighted by molar-refractivity contribution is -0.121. The maximum atomic E-state index is 11.5. The molecule has 1 amide bonds. The van der Waals surface area contributed by atoms with E-state index in [0.29, 0.717) is 19.0 Å². The Labute approximate surface area is 95.3 Å². The molecule has 0 aliphatic heterocycles. The SMILES string of the molecule is CC(O)c1cccn1CCC(=O)NC1CC1. The molecular formula is C12H18N2O2. The van der Waals surface area contributed by atoms with Gasteiger partial charge in [0, 0.05) is 30.9 Å². The van der Waals surface area contributed by atoms with Gasteiger partial charge in [0.15, 0.2) is 0 Å². The zero-order valence-electron chi connectivity index (χ0n) is 9.52. The molecule has 2 rings (SSSR count). The number of hydrogen-bond acceptors (Lipinski definition) is 2. The van der Waals surface area contributed by atoms with Crippen LogP contribution >= 0.6 is 0 Å². The number of rotatable bonds is 5. The van der Waals surface area contributed by atoms with Gasteiger partial charge in [-0.1, -0.05) is 0 Å². The summed E-state index contributed by atoms with van der Waals surface area (Å²) in [4.78, 5) is 11.5. The fourth-order valence-electron chi connectivity index (χ4n) is 1.76. The molecular weight excluding hydrogens is 204 g/mol. The number of aliphatic hydroxyl groups is 1. The Bertz CT molecular complexity index is 367. The number of amides is 1. The van der Waals surface area contributed by atoms with E-state index in [1.165, 1.54) is 0 Å². The number of aryl methyl sites for hydroxylation is 1. The van der Waals surface area contributed by atoms with Gasteiger partial charge in [0.25, 0.3) is 0 Å². The zero-order chi connectivity index (χ0) is 11.5. The van der Waals surface area contributed by atoms with E-state index >= 15 is 0 Å². The summed E-state index contributed by atoms with van der Waals surface area (Å²) in [5.41, 5.74) is 0.860. The van der Waals surface area contributed by atoms with Gasteiger partial charge in [-0.2, -0.15) is 0 Å². The summed E-state index contributed by atoms with van der Waals surface area (Å²) >= 11 is 0. The summed E-state index contributed by atoms with van der Waals surface area (Å²) in [6.07, 6.45) is 4.13. The minimum absolute atomic E-state index is 0.104. The smallest absolute Gasteiger partial charge is 0.222 e. The number of carbonyl (C=O) groups excluding carboxylic acids is 1. The molecule has 0 radical (unpaired) electrons. The Morgan fingerprint density at radius 3 is 3.06 bits per heavy atom. The van der Waals surface area contributed by atoms with Crippen molar-refractivity contribution in [2.45, 2.75) is 44.9 Å². The number of hydrogen-bond donors (Lipinski definition) is 2. The summed E-state index contributed by atoms with van der Waals surface area (Å²) in [6.45, 7) is 2.36. The molecule has 2 N–H and O–H groups in total. The van der Waals surface area contributed by atoms with Crippen molar-refractivity contribution in [1.29, 1.82) is 0 Å². The minimum Gasteiger partial charge on any atom is -0.387 e. The molecule has 1 aliphatic rings. The molecule has 1 fully saturated rings. The first kappa shape index (κ1) is 11.2. The fraction of sp³-hybridized carbons (Fsp3) is 0.583. The van der Waals surface area contributed by atoms with Crippen LogP contribution in [0, 0.1) is 0 Å². The average molecular weight is 222 g/mol. The van der Waals surface area contributed by atoms with E-state index in [4.69, 9.17) is 0 Å². The summed E-state index contributed by atoms with van der Waals surface area (Å²) in [6, 6.07) is 4.19. The maximum Gasteiger partial charge on any atom is 0.222 e. The summed E-state index contributed by atoms with van der Waals surface area (Å²) < 4.78 is 1.93. The van der Waals surface area contributed by atoms with Gasteiger partial charge in [0.2, 0.25) is 5.91 Å². The zero-order valence-corrected chi connectivity index (χ0v) is 9.52. The Kier molecular flexibility index (Phi) is 3.29. The van der Waals surface area contributed by atoms with Crippen LogP contribution in [-0.2, 0) is 11.3 Å². The molecule has 1 aromatic rings. The van der Waals surface area contributed by atoms with E-state index in [1.54, 1.807) is 6.92 Å². The predicted molar refractivity (Wildman–Crippen MR) is 60.8 cm³/mol. The predicted octanol–water partition coefficient (Wildman–Crippen LogP) is 1.21. The van der Waals surface area contributed by atoms with Gasteiger partial charge < -0.3 is 15.0 Å². The highest BCUT2D eigenvalue weighted by atomic mass is 16.3. The second-order valence-electron chi connectivity index (χ2n) is 4.39. The third-order valence-electron chi connectivity index (χ3n) is 2.81. The highest BCUT2D eigenvalue weighted by molar-refractivity contribution is 5.76. The molecule has 1 aliphatic carbocycles. The lowest BCUT2D eigenvalue weighted by Gasteiger charge is -2.11.